The highest BCUT2D eigenvalue weighted by molar-refractivity contribution is 14.1. The summed E-state index contributed by atoms with van der Waals surface area (Å²) >= 11 is 14.4. The van der Waals surface area contributed by atoms with Crippen LogP contribution < -0.4 is 14.8 Å². The van der Waals surface area contributed by atoms with Gasteiger partial charge in [0.1, 0.15) is 12.2 Å². The first-order chi connectivity index (χ1) is 19.6. The molecule has 3 rings (SSSR count). The van der Waals surface area contributed by atoms with Gasteiger partial charge in [-0.3, -0.25) is 9.59 Å². The van der Waals surface area contributed by atoms with Gasteiger partial charge < -0.3 is 39.7 Å². The fourth-order valence-electron chi connectivity index (χ4n) is 4.45. The SMILES string of the molecule is COCCC(=O)N(Cc1ccc(Cl)c(Cl)c1)[C@@H]1CC(C(=O)NCCO)=C[C@H](Oc2c(I)cc(CO)cc2OC)[C@H]1O. The number of nitrogens with zero attached hydrogens (tertiary/aromatic N) is 1. The third-order valence-electron chi connectivity index (χ3n) is 6.52. The molecule has 0 saturated heterocycles. The van der Waals surface area contributed by atoms with Gasteiger partial charge in [-0.1, -0.05) is 29.3 Å². The van der Waals surface area contributed by atoms with Crippen LogP contribution in [0.1, 0.15) is 24.0 Å². The lowest BCUT2D eigenvalue weighted by Gasteiger charge is -2.41. The molecular formula is C28H33Cl2IN2O8. The van der Waals surface area contributed by atoms with Crippen molar-refractivity contribution in [3.63, 3.8) is 0 Å². The monoisotopic (exact) mass is 722 g/mol. The molecule has 0 fully saturated rings. The largest absolute Gasteiger partial charge is 0.493 e. The smallest absolute Gasteiger partial charge is 0.247 e. The summed E-state index contributed by atoms with van der Waals surface area (Å²) < 4.78 is 17.5. The number of hydrogen-bond donors (Lipinski definition) is 4. The lowest BCUT2D eigenvalue weighted by Crippen LogP contribution is -2.55. The van der Waals surface area contributed by atoms with E-state index < -0.39 is 24.2 Å². The molecule has 0 radical (unpaired) electrons. The highest BCUT2D eigenvalue weighted by Crippen LogP contribution is 2.37. The summed E-state index contributed by atoms with van der Waals surface area (Å²) in [6.07, 6.45) is -0.735. The lowest BCUT2D eigenvalue weighted by atomic mass is 9.87. The molecule has 0 aliphatic heterocycles. The van der Waals surface area contributed by atoms with Crippen molar-refractivity contribution in [3.8, 4) is 11.5 Å². The quantitative estimate of drug-likeness (QED) is 0.232. The Morgan fingerprint density at radius 1 is 1.12 bits per heavy atom. The summed E-state index contributed by atoms with van der Waals surface area (Å²) in [6.45, 7) is -0.195. The summed E-state index contributed by atoms with van der Waals surface area (Å²) in [5, 5.41) is 33.8. The lowest BCUT2D eigenvalue weighted by molar-refractivity contribution is -0.140. The molecule has 41 heavy (non-hydrogen) atoms. The van der Waals surface area contributed by atoms with E-state index in [-0.39, 0.29) is 57.2 Å². The Balaban J connectivity index is 2.04. The number of nitrogens with one attached hydrogen (secondary N) is 1. The maximum Gasteiger partial charge on any atom is 0.247 e. The van der Waals surface area contributed by atoms with Crippen molar-refractivity contribution in [2.24, 2.45) is 0 Å². The van der Waals surface area contributed by atoms with Gasteiger partial charge in [0.15, 0.2) is 11.5 Å². The number of methoxy groups -OCH3 is 2. The highest BCUT2D eigenvalue weighted by Gasteiger charge is 2.41. The van der Waals surface area contributed by atoms with Gasteiger partial charge >= 0.3 is 0 Å². The molecule has 2 aromatic carbocycles. The van der Waals surface area contributed by atoms with Crippen LogP contribution in [0.25, 0.3) is 0 Å². The normalized spacial score (nSPS) is 18.4. The number of ether oxygens (including phenoxy) is 3. The Bertz CT molecular complexity index is 1260. The van der Waals surface area contributed by atoms with Crippen LogP contribution in [0, 0.1) is 3.57 Å². The van der Waals surface area contributed by atoms with Crippen LogP contribution in [-0.2, 0) is 27.5 Å². The molecule has 2 amide bonds. The van der Waals surface area contributed by atoms with E-state index in [2.05, 4.69) is 5.32 Å². The number of carbonyl (C=O) groups is 2. The topological polar surface area (TPSA) is 138 Å². The van der Waals surface area contributed by atoms with Gasteiger partial charge in [-0.25, -0.2) is 0 Å². The summed E-state index contributed by atoms with van der Waals surface area (Å²) in [5.41, 5.74) is 1.56. The zero-order chi connectivity index (χ0) is 30.1. The molecule has 0 spiro atoms. The van der Waals surface area contributed by atoms with Gasteiger partial charge in [-0.15, -0.1) is 0 Å². The van der Waals surface area contributed by atoms with Crippen molar-refractivity contribution in [2.45, 2.75) is 44.2 Å². The number of hydrogen-bond acceptors (Lipinski definition) is 8. The van der Waals surface area contributed by atoms with E-state index in [9.17, 15) is 24.9 Å². The standard InChI is InChI=1S/C28H33Cl2IN2O8/c1-39-8-5-25(36)33(14-16-3-4-19(29)20(30)9-16)22-12-18(28(38)32-6-7-34)13-23(26(22)37)41-27-21(31)10-17(15-35)11-24(27)40-2/h3-4,9-11,13,22-23,26,34-35,37H,5-8,12,14-15H2,1-2H3,(H,32,38)/t22-,23+,26+/m1/s1. The first kappa shape index (κ1) is 33.4. The summed E-state index contributed by atoms with van der Waals surface area (Å²) in [5.74, 6) is -0.125. The molecule has 0 heterocycles. The van der Waals surface area contributed by atoms with E-state index in [1.165, 1.54) is 25.2 Å². The predicted octanol–water partition coefficient (Wildman–Crippen LogP) is 3.08. The number of aliphatic hydroxyl groups excluding tert-OH is 3. The fraction of sp³-hybridized carbons (Fsp3) is 0.429. The Kier molecular flexibility index (Phi) is 13.0. The van der Waals surface area contributed by atoms with Crippen LogP contribution in [0.15, 0.2) is 42.0 Å². The molecule has 1 aliphatic rings. The zero-order valence-electron chi connectivity index (χ0n) is 22.6. The molecule has 1 aliphatic carbocycles. The molecule has 0 aromatic heterocycles. The average molecular weight is 723 g/mol. The number of halogens is 3. The number of aliphatic hydroxyl groups is 3. The van der Waals surface area contributed by atoms with E-state index in [0.717, 1.165) is 0 Å². The molecule has 3 atom stereocenters. The second-order valence-electron chi connectivity index (χ2n) is 9.30. The Labute approximate surface area is 262 Å². The third-order valence-corrected chi connectivity index (χ3v) is 8.06. The molecule has 0 unspecified atom stereocenters. The number of rotatable bonds is 13. The van der Waals surface area contributed by atoms with Gasteiger partial charge in [0.25, 0.3) is 0 Å². The third kappa shape index (κ3) is 8.69. The molecule has 0 saturated carbocycles. The van der Waals surface area contributed by atoms with Crippen molar-refractivity contribution >= 4 is 57.6 Å². The van der Waals surface area contributed by atoms with E-state index in [4.69, 9.17) is 37.4 Å². The molecule has 13 heteroatoms. The minimum Gasteiger partial charge on any atom is -0.493 e. The van der Waals surface area contributed by atoms with Gasteiger partial charge in [-0.05, 0) is 64.1 Å². The van der Waals surface area contributed by atoms with Crippen LogP contribution in [0.3, 0.4) is 0 Å². The predicted molar refractivity (Wildman–Crippen MR) is 162 cm³/mol. The molecule has 4 N–H and O–H groups in total. The van der Waals surface area contributed by atoms with Crippen LogP contribution >= 0.6 is 45.8 Å². The summed E-state index contributed by atoms with van der Waals surface area (Å²) in [4.78, 5) is 28.0. The molecular weight excluding hydrogens is 690 g/mol. The number of carbonyl (C=O) groups excluding carboxylic acids is 2. The molecule has 224 valence electrons. The van der Waals surface area contributed by atoms with E-state index in [0.29, 0.717) is 36.2 Å². The van der Waals surface area contributed by atoms with Crippen LogP contribution in [0.2, 0.25) is 10.0 Å². The van der Waals surface area contributed by atoms with Crippen LogP contribution in [0.5, 0.6) is 11.5 Å². The summed E-state index contributed by atoms with van der Waals surface area (Å²) in [7, 11) is 2.94. The maximum absolute atomic E-state index is 13.5. The van der Waals surface area contributed by atoms with Crippen LogP contribution in [-0.4, -0.2) is 84.3 Å². The fourth-order valence-corrected chi connectivity index (χ4v) is 5.57. The highest BCUT2D eigenvalue weighted by atomic mass is 127. The van der Waals surface area contributed by atoms with Crippen molar-refractivity contribution in [3.05, 3.63) is 66.7 Å². The molecule has 10 nitrogen and oxygen atoms in total. The zero-order valence-corrected chi connectivity index (χ0v) is 26.3. The van der Waals surface area contributed by atoms with E-state index in [1.807, 2.05) is 22.6 Å². The second kappa shape index (κ2) is 15.9. The van der Waals surface area contributed by atoms with Gasteiger partial charge in [0.05, 0.1) is 53.0 Å². The molecule has 0 bridgehead atoms. The van der Waals surface area contributed by atoms with Gasteiger partial charge in [-0.2, -0.15) is 0 Å². The van der Waals surface area contributed by atoms with Crippen molar-refractivity contribution < 1.29 is 39.1 Å². The van der Waals surface area contributed by atoms with Crippen molar-refractivity contribution in [1.82, 2.24) is 10.2 Å². The average Bonchev–Trinajstić information content (AvgIpc) is 2.96. The van der Waals surface area contributed by atoms with Gasteiger partial charge in [0, 0.05) is 32.2 Å². The molecule has 2 aromatic rings. The Morgan fingerprint density at radius 2 is 1.88 bits per heavy atom. The van der Waals surface area contributed by atoms with Crippen LogP contribution in [0.4, 0.5) is 0 Å². The second-order valence-corrected chi connectivity index (χ2v) is 11.3. The Hall–Kier alpha value is -2.13. The number of amides is 2. The van der Waals surface area contributed by atoms with Crippen molar-refractivity contribution in [1.29, 1.82) is 0 Å². The maximum atomic E-state index is 13.5. The minimum absolute atomic E-state index is 0.0238. The first-order valence-corrected chi connectivity index (χ1v) is 14.6. The van der Waals surface area contributed by atoms with Crippen molar-refractivity contribution in [2.75, 3.05) is 34.0 Å². The Morgan fingerprint density at radius 3 is 2.51 bits per heavy atom. The first-order valence-electron chi connectivity index (χ1n) is 12.8. The van der Waals surface area contributed by atoms with E-state index in [1.54, 1.807) is 30.3 Å². The number of benzene rings is 2. The van der Waals surface area contributed by atoms with E-state index >= 15 is 0 Å². The summed E-state index contributed by atoms with van der Waals surface area (Å²) in [6, 6.07) is 7.46. The van der Waals surface area contributed by atoms with Gasteiger partial charge in [0.2, 0.25) is 11.8 Å². The minimum atomic E-state index is -1.25.